The van der Waals surface area contributed by atoms with Gasteiger partial charge < -0.3 is 9.80 Å². The summed E-state index contributed by atoms with van der Waals surface area (Å²) in [6, 6.07) is 1.14. The van der Waals surface area contributed by atoms with Gasteiger partial charge in [0.05, 0.1) is 6.04 Å². The van der Waals surface area contributed by atoms with Crippen LogP contribution in [0.15, 0.2) is 18.7 Å². The highest BCUT2D eigenvalue weighted by molar-refractivity contribution is 5.52. The molecule has 24 heavy (non-hydrogen) atoms. The number of hydrogen-bond acceptors (Lipinski definition) is 6. The summed E-state index contributed by atoms with van der Waals surface area (Å²) >= 11 is 0. The molecule has 0 unspecified atom stereocenters. The molecule has 3 rings (SSSR count). The maximum absolute atomic E-state index is 12.7. The van der Waals surface area contributed by atoms with Gasteiger partial charge >= 0.3 is 6.18 Å². The largest absolute Gasteiger partial charge is 0.433 e. The van der Waals surface area contributed by atoms with Crippen molar-refractivity contribution in [3.05, 3.63) is 35.7 Å². The molecule has 0 bridgehead atoms. The van der Waals surface area contributed by atoms with Gasteiger partial charge in [0.2, 0.25) is 0 Å². The van der Waals surface area contributed by atoms with E-state index in [4.69, 9.17) is 0 Å². The van der Waals surface area contributed by atoms with Gasteiger partial charge in [-0.05, 0) is 13.8 Å². The monoisotopic (exact) mass is 338 g/mol. The summed E-state index contributed by atoms with van der Waals surface area (Å²) in [5, 5.41) is 0. The number of likely N-dealkylation sites (N-methyl/N-ethyl adjacent to an activating group) is 1. The molecule has 0 amide bonds. The molecule has 6 nitrogen and oxygen atoms in total. The second-order valence-corrected chi connectivity index (χ2v) is 5.84. The van der Waals surface area contributed by atoms with E-state index in [2.05, 4.69) is 19.9 Å². The average Bonchev–Trinajstić information content (AvgIpc) is 2.48. The van der Waals surface area contributed by atoms with Gasteiger partial charge in [0.25, 0.3) is 0 Å². The number of aromatic nitrogens is 4. The van der Waals surface area contributed by atoms with Crippen molar-refractivity contribution in [3.63, 3.8) is 0 Å². The summed E-state index contributed by atoms with van der Waals surface area (Å²) in [5.74, 6) is 1.13. The lowest BCUT2D eigenvalue weighted by molar-refractivity contribution is -0.141. The highest BCUT2D eigenvalue weighted by Gasteiger charge is 2.36. The summed E-state index contributed by atoms with van der Waals surface area (Å²) < 4.78 is 38.2. The summed E-state index contributed by atoms with van der Waals surface area (Å²) in [7, 11) is 1.93. The van der Waals surface area contributed by atoms with Gasteiger partial charge in [0.1, 0.15) is 30.0 Å². The minimum Gasteiger partial charge on any atom is -0.353 e. The molecule has 0 atom stereocenters. The lowest BCUT2D eigenvalue weighted by Gasteiger charge is -2.45. The Balaban J connectivity index is 1.70. The lowest BCUT2D eigenvalue weighted by Crippen LogP contribution is -2.59. The van der Waals surface area contributed by atoms with Crippen LogP contribution in [0.5, 0.6) is 0 Å². The Kier molecular flexibility index (Phi) is 4.02. The Labute approximate surface area is 137 Å². The molecular weight excluding hydrogens is 321 g/mol. The van der Waals surface area contributed by atoms with Gasteiger partial charge in [-0.2, -0.15) is 13.2 Å². The lowest BCUT2D eigenvalue weighted by atomic mass is 10.1. The zero-order valence-electron chi connectivity index (χ0n) is 13.5. The second kappa shape index (κ2) is 5.88. The van der Waals surface area contributed by atoms with Crippen LogP contribution in [0.2, 0.25) is 0 Å². The van der Waals surface area contributed by atoms with E-state index in [0.717, 1.165) is 29.5 Å². The molecule has 0 radical (unpaired) electrons. The van der Waals surface area contributed by atoms with Gasteiger partial charge in [-0.15, -0.1) is 0 Å². The molecule has 0 aromatic carbocycles. The zero-order chi connectivity index (χ0) is 17.5. The Morgan fingerprint density at radius 1 is 1.08 bits per heavy atom. The number of anilines is 2. The molecule has 3 heterocycles. The maximum Gasteiger partial charge on any atom is 0.433 e. The Hall–Kier alpha value is -2.45. The van der Waals surface area contributed by atoms with Crippen molar-refractivity contribution in [2.24, 2.45) is 0 Å². The fourth-order valence-corrected chi connectivity index (χ4v) is 2.62. The summed E-state index contributed by atoms with van der Waals surface area (Å²) in [6.45, 7) is 5.03. The van der Waals surface area contributed by atoms with E-state index >= 15 is 0 Å². The number of halogens is 3. The van der Waals surface area contributed by atoms with Crippen molar-refractivity contribution in [2.45, 2.75) is 26.1 Å². The van der Waals surface area contributed by atoms with Crippen LogP contribution >= 0.6 is 0 Å². The molecule has 128 valence electrons. The van der Waals surface area contributed by atoms with Crippen LogP contribution in [0.1, 0.15) is 17.0 Å². The molecule has 1 saturated heterocycles. The zero-order valence-corrected chi connectivity index (χ0v) is 13.5. The molecule has 2 aromatic heterocycles. The SMILES string of the molecule is Cc1ncnc(N(C)C2CN(c3cc(C(F)(F)F)ncn3)C2)c1C. The highest BCUT2D eigenvalue weighted by atomic mass is 19.4. The van der Waals surface area contributed by atoms with Gasteiger partial charge in [-0.25, -0.2) is 19.9 Å². The minimum absolute atomic E-state index is 0.155. The Bertz CT molecular complexity index is 742. The van der Waals surface area contributed by atoms with Crippen LogP contribution in [0.25, 0.3) is 0 Å². The standard InChI is InChI=1S/C15H17F3N6/c1-9-10(2)19-7-22-14(9)23(3)11-5-24(6-11)13-4-12(15(16,17)18)20-8-21-13/h4,7-8,11H,5-6H2,1-3H3. The number of hydrogen-bond donors (Lipinski definition) is 0. The molecule has 1 fully saturated rings. The third-order valence-electron chi connectivity index (χ3n) is 4.32. The molecular formula is C15H17F3N6. The summed E-state index contributed by atoms with van der Waals surface area (Å²) in [5.41, 5.74) is 0.986. The maximum atomic E-state index is 12.7. The second-order valence-electron chi connectivity index (χ2n) is 5.84. The topological polar surface area (TPSA) is 58.0 Å². The fourth-order valence-electron chi connectivity index (χ4n) is 2.62. The first-order valence-electron chi connectivity index (χ1n) is 7.42. The van der Waals surface area contributed by atoms with Crippen molar-refractivity contribution >= 4 is 11.6 Å². The van der Waals surface area contributed by atoms with E-state index in [1.807, 2.05) is 25.8 Å². The van der Waals surface area contributed by atoms with E-state index in [0.29, 0.717) is 13.1 Å². The number of rotatable bonds is 3. The Morgan fingerprint density at radius 2 is 1.75 bits per heavy atom. The van der Waals surface area contributed by atoms with Crippen LogP contribution in [0.4, 0.5) is 24.8 Å². The average molecular weight is 338 g/mol. The quantitative estimate of drug-likeness (QED) is 0.855. The molecule has 0 aliphatic carbocycles. The normalized spacial score (nSPS) is 15.3. The Morgan fingerprint density at radius 3 is 2.42 bits per heavy atom. The molecule has 1 aliphatic heterocycles. The van der Waals surface area contributed by atoms with Crippen molar-refractivity contribution < 1.29 is 13.2 Å². The predicted molar refractivity (Wildman–Crippen MR) is 82.9 cm³/mol. The molecule has 0 saturated carbocycles. The predicted octanol–water partition coefficient (Wildman–Crippen LogP) is 2.23. The van der Waals surface area contributed by atoms with Gasteiger partial charge in [-0.1, -0.05) is 0 Å². The van der Waals surface area contributed by atoms with E-state index in [1.54, 1.807) is 4.90 Å². The van der Waals surface area contributed by atoms with Crippen LogP contribution < -0.4 is 9.80 Å². The van der Waals surface area contributed by atoms with Crippen molar-refractivity contribution in [1.82, 2.24) is 19.9 Å². The first-order chi connectivity index (χ1) is 11.3. The van der Waals surface area contributed by atoms with Crippen LogP contribution in [0, 0.1) is 13.8 Å². The summed E-state index contributed by atoms with van der Waals surface area (Å²) in [4.78, 5) is 19.5. The number of aryl methyl sites for hydroxylation is 1. The first-order valence-corrected chi connectivity index (χ1v) is 7.42. The van der Waals surface area contributed by atoms with Gasteiger partial charge in [0.15, 0.2) is 0 Å². The first kappa shape index (κ1) is 16.4. The van der Waals surface area contributed by atoms with Crippen molar-refractivity contribution in [2.75, 3.05) is 29.9 Å². The molecule has 0 N–H and O–H groups in total. The van der Waals surface area contributed by atoms with E-state index in [1.165, 1.54) is 6.33 Å². The summed E-state index contributed by atoms with van der Waals surface area (Å²) in [6.07, 6.45) is -1.99. The van der Waals surface area contributed by atoms with Gasteiger partial charge in [-0.3, -0.25) is 0 Å². The number of alkyl halides is 3. The van der Waals surface area contributed by atoms with Gasteiger partial charge in [0, 0.05) is 37.5 Å². The van der Waals surface area contributed by atoms with E-state index in [9.17, 15) is 13.2 Å². The smallest absolute Gasteiger partial charge is 0.353 e. The molecule has 2 aromatic rings. The van der Waals surface area contributed by atoms with Crippen molar-refractivity contribution in [1.29, 1.82) is 0 Å². The number of nitrogens with zero attached hydrogens (tertiary/aromatic N) is 6. The van der Waals surface area contributed by atoms with Crippen LogP contribution in [-0.2, 0) is 6.18 Å². The minimum atomic E-state index is -4.46. The third-order valence-corrected chi connectivity index (χ3v) is 4.32. The highest BCUT2D eigenvalue weighted by Crippen LogP contribution is 2.31. The molecule has 9 heteroatoms. The van der Waals surface area contributed by atoms with E-state index in [-0.39, 0.29) is 11.9 Å². The molecule has 1 aliphatic rings. The van der Waals surface area contributed by atoms with Crippen LogP contribution in [0.3, 0.4) is 0 Å². The fraction of sp³-hybridized carbons (Fsp3) is 0.467. The van der Waals surface area contributed by atoms with E-state index < -0.39 is 11.9 Å². The van der Waals surface area contributed by atoms with Crippen LogP contribution in [-0.4, -0.2) is 46.1 Å². The molecule has 0 spiro atoms. The third kappa shape index (κ3) is 2.98. The van der Waals surface area contributed by atoms with Crippen molar-refractivity contribution in [3.8, 4) is 0 Å².